The number of sulfonamides is 1. The van der Waals surface area contributed by atoms with Crippen molar-refractivity contribution in [3.05, 3.63) is 138 Å². The van der Waals surface area contributed by atoms with Crippen LogP contribution in [0.25, 0.3) is 0 Å². The van der Waals surface area contributed by atoms with Gasteiger partial charge < -0.3 is 5.32 Å². The minimum absolute atomic E-state index is 0.0501. The fourth-order valence-electron chi connectivity index (χ4n) is 4.63. The number of benzene rings is 4. The average Bonchev–Trinajstić information content (AvgIpc) is 2.90. The second-order valence-electron chi connectivity index (χ2n) is 10.4. The van der Waals surface area contributed by atoms with Gasteiger partial charge in [0.15, 0.2) is 0 Å². The third-order valence-electron chi connectivity index (χ3n) is 6.59. The highest BCUT2D eigenvalue weighted by Gasteiger charge is 2.31. The molecule has 0 radical (unpaired) electrons. The van der Waals surface area contributed by atoms with Gasteiger partial charge in [-0.1, -0.05) is 123 Å². The number of aryl methyl sites for hydroxylation is 1. The smallest absolute Gasteiger partial charge is 0.241 e. The SMILES string of the molecule is Cc1ccc(S(=O)(=O)N[C@H](c2ccccc2)[C@H](NCC(C)(C)Cc2ccccc2)c2ccccc2)cc1. The van der Waals surface area contributed by atoms with Gasteiger partial charge in [-0.25, -0.2) is 13.1 Å². The molecule has 5 heteroatoms. The summed E-state index contributed by atoms with van der Waals surface area (Å²) in [7, 11) is -3.77. The van der Waals surface area contributed by atoms with Crippen LogP contribution in [0.2, 0.25) is 0 Å². The highest BCUT2D eigenvalue weighted by Crippen LogP contribution is 2.32. The van der Waals surface area contributed by atoms with Crippen LogP contribution in [0.4, 0.5) is 0 Å². The van der Waals surface area contributed by atoms with Crippen molar-refractivity contribution < 1.29 is 8.42 Å². The van der Waals surface area contributed by atoms with Crippen LogP contribution in [-0.4, -0.2) is 15.0 Å². The van der Waals surface area contributed by atoms with E-state index < -0.39 is 16.1 Å². The van der Waals surface area contributed by atoms with Gasteiger partial charge in [0.2, 0.25) is 10.0 Å². The molecule has 0 aliphatic carbocycles. The van der Waals surface area contributed by atoms with Crippen LogP contribution in [0.3, 0.4) is 0 Å². The molecule has 0 bridgehead atoms. The molecule has 0 fully saturated rings. The maximum absolute atomic E-state index is 13.6. The lowest BCUT2D eigenvalue weighted by atomic mass is 9.84. The zero-order chi connectivity index (χ0) is 26.3. The lowest BCUT2D eigenvalue weighted by Crippen LogP contribution is -2.42. The molecule has 0 heterocycles. The summed E-state index contributed by atoms with van der Waals surface area (Å²) < 4.78 is 30.2. The van der Waals surface area contributed by atoms with Gasteiger partial charge >= 0.3 is 0 Å². The first kappa shape index (κ1) is 26.8. The molecule has 0 aliphatic rings. The molecule has 4 rings (SSSR count). The Kier molecular flexibility index (Phi) is 8.59. The second kappa shape index (κ2) is 11.9. The molecule has 0 spiro atoms. The van der Waals surface area contributed by atoms with Crippen molar-refractivity contribution in [1.29, 1.82) is 0 Å². The minimum Gasteiger partial charge on any atom is -0.308 e. The van der Waals surface area contributed by atoms with E-state index in [-0.39, 0.29) is 16.4 Å². The second-order valence-corrected chi connectivity index (χ2v) is 12.1. The lowest BCUT2D eigenvalue weighted by Gasteiger charge is -2.34. The fourth-order valence-corrected chi connectivity index (χ4v) is 5.86. The van der Waals surface area contributed by atoms with Crippen molar-refractivity contribution >= 4 is 10.0 Å². The van der Waals surface area contributed by atoms with E-state index in [1.165, 1.54) is 5.56 Å². The Morgan fingerprint density at radius 3 is 1.70 bits per heavy atom. The Bertz CT molecular complexity index is 1350. The molecule has 0 amide bonds. The third-order valence-corrected chi connectivity index (χ3v) is 8.05. The molecule has 0 aliphatic heterocycles. The minimum atomic E-state index is -3.77. The van der Waals surface area contributed by atoms with Gasteiger partial charge in [-0.3, -0.25) is 0 Å². The number of rotatable bonds is 11. The molecule has 0 saturated heterocycles. The van der Waals surface area contributed by atoms with Gasteiger partial charge in [0.05, 0.1) is 17.0 Å². The molecule has 0 unspecified atom stereocenters. The van der Waals surface area contributed by atoms with E-state index >= 15 is 0 Å². The summed E-state index contributed by atoms with van der Waals surface area (Å²) in [6.07, 6.45) is 0.910. The lowest BCUT2D eigenvalue weighted by molar-refractivity contribution is 0.299. The topological polar surface area (TPSA) is 58.2 Å². The Hall–Kier alpha value is -3.25. The van der Waals surface area contributed by atoms with Crippen LogP contribution in [0.15, 0.2) is 120 Å². The molecule has 37 heavy (non-hydrogen) atoms. The third kappa shape index (κ3) is 7.39. The van der Waals surface area contributed by atoms with Crippen molar-refractivity contribution in [1.82, 2.24) is 10.0 Å². The molecule has 2 atom stereocenters. The van der Waals surface area contributed by atoms with Crippen molar-refractivity contribution in [2.45, 2.75) is 44.2 Å². The van der Waals surface area contributed by atoms with Crippen molar-refractivity contribution in [3.63, 3.8) is 0 Å². The van der Waals surface area contributed by atoms with Crippen LogP contribution in [0.5, 0.6) is 0 Å². The summed E-state index contributed by atoms with van der Waals surface area (Å²) in [4.78, 5) is 0.259. The maximum Gasteiger partial charge on any atom is 0.241 e. The summed E-state index contributed by atoms with van der Waals surface area (Å²) in [6, 6.07) is 36.5. The summed E-state index contributed by atoms with van der Waals surface area (Å²) in [5.74, 6) is 0. The predicted molar refractivity (Wildman–Crippen MR) is 152 cm³/mol. The number of nitrogens with one attached hydrogen (secondary N) is 2. The van der Waals surface area contributed by atoms with Crippen molar-refractivity contribution in [2.24, 2.45) is 5.41 Å². The fraction of sp³-hybridized carbons (Fsp3) is 0.250. The standard InChI is InChI=1S/C32H36N2O2S/c1-25-19-21-29(22-20-25)37(35,36)34-31(28-17-11-6-12-18-28)30(27-15-9-5-10-16-27)33-24-32(2,3)23-26-13-7-4-8-14-26/h4-22,30-31,33-34H,23-24H2,1-3H3/t30-,31-/m1/s1. The van der Waals surface area contributed by atoms with Gasteiger partial charge in [-0.15, -0.1) is 0 Å². The zero-order valence-corrected chi connectivity index (χ0v) is 22.6. The molecule has 4 nitrogen and oxygen atoms in total. The van der Waals surface area contributed by atoms with Gasteiger partial charge in [0.25, 0.3) is 0 Å². The summed E-state index contributed by atoms with van der Waals surface area (Å²) in [5.41, 5.74) is 4.18. The van der Waals surface area contributed by atoms with E-state index in [1.807, 2.05) is 73.7 Å². The molecule has 2 N–H and O–H groups in total. The summed E-state index contributed by atoms with van der Waals surface area (Å²) in [5, 5.41) is 3.75. The van der Waals surface area contributed by atoms with E-state index in [1.54, 1.807) is 12.1 Å². The van der Waals surface area contributed by atoms with Crippen molar-refractivity contribution in [2.75, 3.05) is 6.54 Å². The Labute approximate surface area is 221 Å². The van der Waals surface area contributed by atoms with Gasteiger partial charge in [0, 0.05) is 6.54 Å². The molecular weight excluding hydrogens is 476 g/mol. The monoisotopic (exact) mass is 512 g/mol. The summed E-state index contributed by atoms with van der Waals surface area (Å²) >= 11 is 0. The largest absolute Gasteiger partial charge is 0.308 e. The van der Waals surface area contributed by atoms with Crippen LogP contribution in [-0.2, 0) is 16.4 Å². The molecule has 0 aromatic heterocycles. The maximum atomic E-state index is 13.6. The molecule has 4 aromatic rings. The molecule has 192 valence electrons. The Morgan fingerprint density at radius 1 is 0.676 bits per heavy atom. The first-order valence-corrected chi connectivity index (χ1v) is 14.2. The van der Waals surface area contributed by atoms with E-state index in [4.69, 9.17) is 0 Å². The quantitative estimate of drug-likeness (QED) is 0.238. The number of hydrogen-bond donors (Lipinski definition) is 2. The van der Waals surface area contributed by atoms with Gasteiger partial charge in [-0.2, -0.15) is 0 Å². The normalized spacial score (nSPS) is 13.7. The first-order valence-electron chi connectivity index (χ1n) is 12.7. The highest BCUT2D eigenvalue weighted by molar-refractivity contribution is 7.89. The number of hydrogen-bond acceptors (Lipinski definition) is 3. The van der Waals surface area contributed by atoms with Crippen LogP contribution in [0.1, 0.15) is 48.2 Å². The van der Waals surface area contributed by atoms with Gasteiger partial charge in [0.1, 0.15) is 0 Å². The molecule has 0 saturated carbocycles. The van der Waals surface area contributed by atoms with Crippen LogP contribution in [0, 0.1) is 12.3 Å². The summed E-state index contributed by atoms with van der Waals surface area (Å²) in [6.45, 7) is 7.13. The molecule has 4 aromatic carbocycles. The van der Waals surface area contributed by atoms with Crippen LogP contribution >= 0.6 is 0 Å². The first-order chi connectivity index (χ1) is 17.7. The Balaban J connectivity index is 1.68. The molecular formula is C32H36N2O2S. The van der Waals surface area contributed by atoms with Crippen LogP contribution < -0.4 is 10.0 Å². The Morgan fingerprint density at radius 2 is 1.16 bits per heavy atom. The highest BCUT2D eigenvalue weighted by atomic mass is 32.2. The zero-order valence-electron chi connectivity index (χ0n) is 21.8. The van der Waals surface area contributed by atoms with E-state index in [0.29, 0.717) is 6.54 Å². The van der Waals surface area contributed by atoms with E-state index in [0.717, 1.165) is 23.1 Å². The van der Waals surface area contributed by atoms with Gasteiger partial charge in [-0.05, 0) is 47.6 Å². The van der Waals surface area contributed by atoms with E-state index in [9.17, 15) is 8.42 Å². The average molecular weight is 513 g/mol. The van der Waals surface area contributed by atoms with E-state index in [2.05, 4.69) is 60.3 Å². The van der Waals surface area contributed by atoms with Crippen molar-refractivity contribution in [3.8, 4) is 0 Å². The predicted octanol–water partition coefficient (Wildman–Crippen LogP) is 6.61.